The normalized spacial score (nSPS) is 23.0. The van der Waals surface area contributed by atoms with Crippen LogP contribution in [0.2, 0.25) is 0 Å². The lowest BCUT2D eigenvalue weighted by Crippen LogP contribution is -2.49. The average Bonchev–Trinajstić information content (AvgIpc) is 2.38. The standard InChI is InChI=1S/C14H20N2O3/c1-14(18)8-5-9-16(10-14)13(17)15-11-6-3-4-7-12(11)19-2/h3-4,6-7,18H,5,8-10H2,1-2H3,(H,15,17). The van der Waals surface area contributed by atoms with Crippen molar-refractivity contribution in [2.75, 3.05) is 25.5 Å². The van der Waals surface area contributed by atoms with E-state index in [2.05, 4.69) is 5.32 Å². The van der Waals surface area contributed by atoms with E-state index >= 15 is 0 Å². The number of nitrogens with one attached hydrogen (secondary N) is 1. The number of para-hydroxylation sites is 2. The van der Waals surface area contributed by atoms with E-state index in [1.165, 1.54) is 0 Å². The van der Waals surface area contributed by atoms with Crippen molar-refractivity contribution in [1.82, 2.24) is 4.90 Å². The van der Waals surface area contributed by atoms with Gasteiger partial charge in [-0.3, -0.25) is 0 Å². The van der Waals surface area contributed by atoms with Gasteiger partial charge in [0.1, 0.15) is 5.75 Å². The van der Waals surface area contributed by atoms with Crippen LogP contribution >= 0.6 is 0 Å². The number of anilines is 1. The number of aliphatic hydroxyl groups is 1. The Morgan fingerprint density at radius 3 is 2.89 bits per heavy atom. The highest BCUT2D eigenvalue weighted by Crippen LogP contribution is 2.25. The second kappa shape index (κ2) is 5.48. The predicted octanol–water partition coefficient (Wildman–Crippen LogP) is 2.07. The maximum Gasteiger partial charge on any atom is 0.322 e. The van der Waals surface area contributed by atoms with Gasteiger partial charge in [-0.15, -0.1) is 0 Å². The molecule has 1 atom stereocenters. The highest BCUT2D eigenvalue weighted by Gasteiger charge is 2.31. The number of amides is 2. The number of hydrogen-bond donors (Lipinski definition) is 2. The number of likely N-dealkylation sites (tertiary alicyclic amines) is 1. The van der Waals surface area contributed by atoms with Crippen molar-refractivity contribution in [2.45, 2.75) is 25.4 Å². The fourth-order valence-corrected chi connectivity index (χ4v) is 2.34. The molecule has 1 saturated heterocycles. The maximum absolute atomic E-state index is 12.2. The number of piperidine rings is 1. The van der Waals surface area contributed by atoms with Crippen molar-refractivity contribution in [3.05, 3.63) is 24.3 Å². The number of carbonyl (C=O) groups is 1. The quantitative estimate of drug-likeness (QED) is 0.859. The molecule has 104 valence electrons. The molecule has 5 nitrogen and oxygen atoms in total. The molecule has 1 aromatic rings. The van der Waals surface area contributed by atoms with E-state index in [0.717, 1.165) is 12.8 Å². The number of rotatable bonds is 2. The van der Waals surface area contributed by atoms with Crippen LogP contribution in [0.15, 0.2) is 24.3 Å². The summed E-state index contributed by atoms with van der Waals surface area (Å²) in [6.45, 7) is 2.78. The molecular formula is C14H20N2O3. The monoisotopic (exact) mass is 264 g/mol. The Morgan fingerprint density at radius 2 is 2.21 bits per heavy atom. The SMILES string of the molecule is COc1ccccc1NC(=O)N1CCCC(C)(O)C1. The van der Waals surface area contributed by atoms with E-state index in [4.69, 9.17) is 4.74 Å². The topological polar surface area (TPSA) is 61.8 Å². The molecule has 1 aromatic carbocycles. The van der Waals surface area contributed by atoms with E-state index in [-0.39, 0.29) is 6.03 Å². The molecular weight excluding hydrogens is 244 g/mol. The predicted molar refractivity (Wildman–Crippen MR) is 73.4 cm³/mol. The number of urea groups is 1. The van der Waals surface area contributed by atoms with Crippen LogP contribution in [-0.4, -0.2) is 41.8 Å². The van der Waals surface area contributed by atoms with Gasteiger partial charge < -0.3 is 20.1 Å². The summed E-state index contributed by atoms with van der Waals surface area (Å²) in [5.74, 6) is 0.625. The van der Waals surface area contributed by atoms with Gasteiger partial charge in [0.25, 0.3) is 0 Å². The van der Waals surface area contributed by atoms with Crippen molar-refractivity contribution in [1.29, 1.82) is 0 Å². The van der Waals surface area contributed by atoms with Crippen LogP contribution in [0, 0.1) is 0 Å². The maximum atomic E-state index is 12.2. The fraction of sp³-hybridized carbons (Fsp3) is 0.500. The summed E-state index contributed by atoms with van der Waals surface area (Å²) in [6, 6.07) is 7.07. The van der Waals surface area contributed by atoms with Gasteiger partial charge in [-0.1, -0.05) is 12.1 Å². The summed E-state index contributed by atoms with van der Waals surface area (Å²) < 4.78 is 5.19. The molecule has 0 spiro atoms. The Balaban J connectivity index is 2.04. The number of ether oxygens (including phenoxy) is 1. The highest BCUT2D eigenvalue weighted by molar-refractivity contribution is 5.91. The minimum Gasteiger partial charge on any atom is -0.495 e. The highest BCUT2D eigenvalue weighted by atomic mass is 16.5. The number of carbonyl (C=O) groups excluding carboxylic acids is 1. The molecule has 2 N–H and O–H groups in total. The van der Waals surface area contributed by atoms with Gasteiger partial charge in [0.2, 0.25) is 0 Å². The average molecular weight is 264 g/mol. The molecule has 5 heteroatoms. The summed E-state index contributed by atoms with van der Waals surface area (Å²) in [5.41, 5.74) is -0.156. The summed E-state index contributed by atoms with van der Waals surface area (Å²) in [5, 5.41) is 12.8. The van der Waals surface area contributed by atoms with Crippen LogP contribution in [0.5, 0.6) is 5.75 Å². The van der Waals surface area contributed by atoms with Crippen molar-refractivity contribution in [2.24, 2.45) is 0 Å². The molecule has 19 heavy (non-hydrogen) atoms. The van der Waals surface area contributed by atoms with Gasteiger partial charge in [-0.25, -0.2) is 4.79 Å². The molecule has 0 radical (unpaired) electrons. The third kappa shape index (κ3) is 3.38. The minimum absolute atomic E-state index is 0.204. The first-order valence-electron chi connectivity index (χ1n) is 6.43. The van der Waals surface area contributed by atoms with Crippen LogP contribution < -0.4 is 10.1 Å². The second-order valence-electron chi connectivity index (χ2n) is 5.15. The Bertz CT molecular complexity index is 460. The lowest BCUT2D eigenvalue weighted by molar-refractivity contribution is -0.000638. The van der Waals surface area contributed by atoms with Gasteiger partial charge in [-0.2, -0.15) is 0 Å². The van der Waals surface area contributed by atoms with Crippen LogP contribution in [0.3, 0.4) is 0 Å². The Labute approximate surface area is 113 Å². The minimum atomic E-state index is -0.795. The Hall–Kier alpha value is -1.75. The van der Waals surface area contributed by atoms with Gasteiger partial charge in [0.05, 0.1) is 24.9 Å². The molecule has 2 rings (SSSR count). The summed E-state index contributed by atoms with van der Waals surface area (Å²) >= 11 is 0. The second-order valence-corrected chi connectivity index (χ2v) is 5.15. The molecule has 0 saturated carbocycles. The molecule has 1 heterocycles. The molecule has 1 unspecified atom stereocenters. The van der Waals surface area contributed by atoms with E-state index in [1.807, 2.05) is 12.1 Å². The lowest BCUT2D eigenvalue weighted by atomic mass is 9.95. The van der Waals surface area contributed by atoms with Crippen LogP contribution in [0.25, 0.3) is 0 Å². The van der Waals surface area contributed by atoms with Gasteiger partial charge in [-0.05, 0) is 31.9 Å². The first-order valence-corrected chi connectivity index (χ1v) is 6.43. The molecule has 2 amide bonds. The molecule has 1 aliphatic heterocycles. The third-order valence-electron chi connectivity index (χ3n) is 3.31. The summed E-state index contributed by atoms with van der Waals surface area (Å²) in [6.07, 6.45) is 1.54. The van der Waals surface area contributed by atoms with E-state index < -0.39 is 5.60 Å². The number of benzene rings is 1. The van der Waals surface area contributed by atoms with Gasteiger partial charge in [0, 0.05) is 6.54 Å². The Morgan fingerprint density at radius 1 is 1.47 bits per heavy atom. The lowest BCUT2D eigenvalue weighted by Gasteiger charge is -2.36. The number of β-amino-alcohol motifs (C(OH)–C–C–N with tert-alkyl or cyclic N) is 1. The summed E-state index contributed by atoms with van der Waals surface area (Å²) in [4.78, 5) is 13.8. The van der Waals surface area contributed by atoms with Crippen LogP contribution in [0.4, 0.5) is 10.5 Å². The zero-order valence-electron chi connectivity index (χ0n) is 11.3. The van der Waals surface area contributed by atoms with Crippen LogP contribution in [-0.2, 0) is 0 Å². The van der Waals surface area contributed by atoms with Crippen LogP contribution in [0.1, 0.15) is 19.8 Å². The van der Waals surface area contributed by atoms with Crippen molar-refractivity contribution in [3.8, 4) is 5.75 Å². The largest absolute Gasteiger partial charge is 0.495 e. The zero-order chi connectivity index (χ0) is 13.9. The number of nitrogens with zero attached hydrogens (tertiary/aromatic N) is 1. The van der Waals surface area contributed by atoms with Crippen molar-refractivity contribution in [3.63, 3.8) is 0 Å². The van der Waals surface area contributed by atoms with E-state index in [9.17, 15) is 9.90 Å². The fourth-order valence-electron chi connectivity index (χ4n) is 2.34. The van der Waals surface area contributed by atoms with Gasteiger partial charge in [0.15, 0.2) is 0 Å². The summed E-state index contributed by atoms with van der Waals surface area (Å²) in [7, 11) is 1.57. The van der Waals surface area contributed by atoms with Crippen molar-refractivity contribution < 1.29 is 14.6 Å². The van der Waals surface area contributed by atoms with Crippen molar-refractivity contribution >= 4 is 11.7 Å². The smallest absolute Gasteiger partial charge is 0.322 e. The molecule has 1 fully saturated rings. The number of methoxy groups -OCH3 is 1. The third-order valence-corrected chi connectivity index (χ3v) is 3.31. The molecule has 1 aliphatic rings. The first kappa shape index (κ1) is 13.7. The molecule has 0 aliphatic carbocycles. The van der Waals surface area contributed by atoms with E-state index in [0.29, 0.717) is 24.5 Å². The first-order chi connectivity index (χ1) is 9.02. The zero-order valence-corrected chi connectivity index (χ0v) is 11.3. The van der Waals surface area contributed by atoms with E-state index in [1.54, 1.807) is 31.1 Å². The molecule has 0 bridgehead atoms. The molecule has 0 aromatic heterocycles. The number of hydrogen-bond acceptors (Lipinski definition) is 3. The van der Waals surface area contributed by atoms with Gasteiger partial charge >= 0.3 is 6.03 Å². The Kier molecular flexibility index (Phi) is 3.95.